The Kier molecular flexibility index (Phi) is 3.16. The SMILES string of the molecule is C#CC(C)NC(=O)C1(N)C2CCCOC2C1(C)C. The molecule has 0 radical (unpaired) electrons. The zero-order valence-corrected chi connectivity index (χ0v) is 11.3. The Hall–Kier alpha value is -1.05. The molecule has 0 aromatic heterocycles. The average molecular weight is 250 g/mol. The van der Waals surface area contributed by atoms with Crippen LogP contribution < -0.4 is 11.1 Å². The van der Waals surface area contributed by atoms with Crippen LogP contribution in [0.4, 0.5) is 0 Å². The Balaban J connectivity index is 2.19. The van der Waals surface area contributed by atoms with Crippen LogP contribution in [0.1, 0.15) is 33.6 Å². The monoisotopic (exact) mass is 250 g/mol. The molecule has 1 aliphatic carbocycles. The first-order valence-electron chi connectivity index (χ1n) is 6.53. The van der Waals surface area contributed by atoms with Crippen LogP contribution >= 0.6 is 0 Å². The van der Waals surface area contributed by atoms with Crippen molar-refractivity contribution < 1.29 is 9.53 Å². The quantitative estimate of drug-likeness (QED) is 0.708. The topological polar surface area (TPSA) is 64.4 Å². The number of rotatable bonds is 2. The third kappa shape index (κ3) is 1.58. The highest BCUT2D eigenvalue weighted by molar-refractivity contribution is 5.90. The minimum atomic E-state index is -0.872. The number of fused-ring (bicyclic) bond motifs is 1. The van der Waals surface area contributed by atoms with Crippen LogP contribution in [-0.2, 0) is 9.53 Å². The summed E-state index contributed by atoms with van der Waals surface area (Å²) in [5.74, 6) is 2.45. The van der Waals surface area contributed by atoms with Crippen molar-refractivity contribution in [2.45, 2.75) is 51.3 Å². The fourth-order valence-electron chi connectivity index (χ4n) is 3.39. The van der Waals surface area contributed by atoms with E-state index in [-0.39, 0.29) is 29.4 Å². The summed E-state index contributed by atoms with van der Waals surface area (Å²) >= 11 is 0. The molecule has 4 nitrogen and oxygen atoms in total. The molecule has 2 fully saturated rings. The van der Waals surface area contributed by atoms with Gasteiger partial charge in [0.15, 0.2) is 0 Å². The summed E-state index contributed by atoms with van der Waals surface area (Å²) in [5.41, 5.74) is 5.20. The van der Waals surface area contributed by atoms with E-state index < -0.39 is 5.54 Å². The van der Waals surface area contributed by atoms with Gasteiger partial charge in [-0.1, -0.05) is 19.8 Å². The fourth-order valence-corrected chi connectivity index (χ4v) is 3.39. The van der Waals surface area contributed by atoms with Gasteiger partial charge in [-0.3, -0.25) is 4.79 Å². The molecule has 1 heterocycles. The second kappa shape index (κ2) is 4.25. The van der Waals surface area contributed by atoms with Crippen molar-refractivity contribution in [3.05, 3.63) is 0 Å². The number of nitrogens with one attached hydrogen (secondary N) is 1. The van der Waals surface area contributed by atoms with E-state index in [1.807, 2.05) is 13.8 Å². The highest BCUT2D eigenvalue weighted by Crippen LogP contribution is 2.57. The molecule has 18 heavy (non-hydrogen) atoms. The highest BCUT2D eigenvalue weighted by atomic mass is 16.5. The Morgan fingerprint density at radius 1 is 1.61 bits per heavy atom. The number of carbonyl (C=O) groups excluding carboxylic acids is 1. The summed E-state index contributed by atoms with van der Waals surface area (Å²) in [6.07, 6.45) is 7.29. The molecule has 4 heteroatoms. The summed E-state index contributed by atoms with van der Waals surface area (Å²) in [5, 5.41) is 2.81. The van der Waals surface area contributed by atoms with E-state index >= 15 is 0 Å². The van der Waals surface area contributed by atoms with Gasteiger partial charge in [-0.05, 0) is 19.8 Å². The lowest BCUT2D eigenvalue weighted by Crippen LogP contribution is -2.82. The zero-order chi connectivity index (χ0) is 13.6. The number of ether oxygens (including phenoxy) is 1. The molecular weight excluding hydrogens is 228 g/mol. The minimum Gasteiger partial charge on any atom is -0.377 e. The lowest BCUT2D eigenvalue weighted by atomic mass is 9.46. The molecule has 0 spiro atoms. The van der Waals surface area contributed by atoms with Crippen LogP contribution in [0.3, 0.4) is 0 Å². The number of carbonyl (C=O) groups is 1. The van der Waals surface area contributed by atoms with Crippen molar-refractivity contribution in [2.75, 3.05) is 6.61 Å². The minimum absolute atomic E-state index is 0.0862. The van der Waals surface area contributed by atoms with Gasteiger partial charge < -0.3 is 15.8 Å². The predicted octanol–water partition coefficient (Wildman–Crippen LogP) is 0.657. The van der Waals surface area contributed by atoms with Crippen molar-refractivity contribution in [2.24, 2.45) is 17.1 Å². The van der Waals surface area contributed by atoms with Gasteiger partial charge in [0.25, 0.3) is 0 Å². The summed E-state index contributed by atoms with van der Waals surface area (Å²) < 4.78 is 5.77. The molecule has 1 amide bonds. The van der Waals surface area contributed by atoms with Crippen LogP contribution in [0.25, 0.3) is 0 Å². The lowest BCUT2D eigenvalue weighted by molar-refractivity contribution is -0.225. The molecule has 0 aromatic rings. The second-order valence-electron chi connectivity index (χ2n) is 5.99. The summed E-state index contributed by atoms with van der Waals surface area (Å²) in [4.78, 5) is 12.4. The largest absolute Gasteiger partial charge is 0.377 e. The van der Waals surface area contributed by atoms with Crippen molar-refractivity contribution in [1.82, 2.24) is 5.32 Å². The van der Waals surface area contributed by atoms with Gasteiger partial charge in [-0.2, -0.15) is 0 Å². The third-order valence-corrected chi connectivity index (χ3v) is 4.66. The molecule has 1 saturated heterocycles. The van der Waals surface area contributed by atoms with Crippen molar-refractivity contribution in [3.8, 4) is 12.3 Å². The van der Waals surface area contributed by atoms with Crippen LogP contribution in [0, 0.1) is 23.7 Å². The Morgan fingerprint density at radius 3 is 2.89 bits per heavy atom. The van der Waals surface area contributed by atoms with E-state index in [1.165, 1.54) is 0 Å². The third-order valence-electron chi connectivity index (χ3n) is 4.66. The van der Waals surface area contributed by atoms with Gasteiger partial charge >= 0.3 is 0 Å². The average Bonchev–Trinajstić information content (AvgIpc) is 2.37. The maximum Gasteiger partial charge on any atom is 0.242 e. The molecule has 4 unspecified atom stereocenters. The molecular formula is C14H22N2O2. The molecule has 0 aromatic carbocycles. The Bertz CT molecular complexity index is 399. The fraction of sp³-hybridized carbons (Fsp3) is 0.786. The maximum absolute atomic E-state index is 12.4. The highest BCUT2D eigenvalue weighted by Gasteiger charge is 2.70. The molecule has 0 bridgehead atoms. The molecule has 3 N–H and O–H groups in total. The standard InChI is InChI=1S/C14H22N2O2/c1-5-9(2)16-12(17)14(15)10-7-6-8-18-11(10)13(14,3)4/h1,9-11H,6-8,15H2,2-4H3,(H,16,17). The van der Waals surface area contributed by atoms with Gasteiger partial charge in [0.2, 0.25) is 5.91 Å². The Morgan fingerprint density at radius 2 is 2.28 bits per heavy atom. The summed E-state index contributed by atoms with van der Waals surface area (Å²) in [6.45, 7) is 6.55. The van der Waals surface area contributed by atoms with Crippen molar-refractivity contribution in [1.29, 1.82) is 0 Å². The number of hydrogen-bond acceptors (Lipinski definition) is 3. The molecule has 2 aliphatic rings. The van der Waals surface area contributed by atoms with Gasteiger partial charge in [0.05, 0.1) is 12.1 Å². The number of nitrogens with two attached hydrogens (primary N) is 1. The summed E-state index contributed by atoms with van der Waals surface area (Å²) in [7, 11) is 0. The summed E-state index contributed by atoms with van der Waals surface area (Å²) in [6, 6.07) is -0.294. The first-order valence-corrected chi connectivity index (χ1v) is 6.53. The molecule has 100 valence electrons. The van der Waals surface area contributed by atoms with E-state index in [0.717, 1.165) is 19.4 Å². The zero-order valence-electron chi connectivity index (χ0n) is 11.3. The van der Waals surface area contributed by atoms with E-state index in [2.05, 4.69) is 11.2 Å². The van der Waals surface area contributed by atoms with Crippen LogP contribution in [0.2, 0.25) is 0 Å². The molecule has 1 saturated carbocycles. The van der Waals surface area contributed by atoms with Crippen molar-refractivity contribution in [3.63, 3.8) is 0 Å². The van der Waals surface area contributed by atoms with E-state index in [9.17, 15) is 4.79 Å². The number of hydrogen-bond donors (Lipinski definition) is 2. The van der Waals surface area contributed by atoms with Crippen LogP contribution in [0.5, 0.6) is 0 Å². The van der Waals surface area contributed by atoms with E-state index in [4.69, 9.17) is 16.9 Å². The molecule has 2 rings (SSSR count). The van der Waals surface area contributed by atoms with E-state index in [1.54, 1.807) is 6.92 Å². The van der Waals surface area contributed by atoms with Gasteiger partial charge in [0, 0.05) is 17.9 Å². The second-order valence-corrected chi connectivity index (χ2v) is 5.99. The lowest BCUT2D eigenvalue weighted by Gasteiger charge is -2.65. The first-order chi connectivity index (χ1) is 8.35. The van der Waals surface area contributed by atoms with Gasteiger partial charge in [0.1, 0.15) is 5.54 Å². The van der Waals surface area contributed by atoms with Gasteiger partial charge in [-0.15, -0.1) is 6.42 Å². The van der Waals surface area contributed by atoms with Crippen molar-refractivity contribution >= 4 is 5.91 Å². The van der Waals surface area contributed by atoms with E-state index in [0.29, 0.717) is 0 Å². The normalized spacial score (nSPS) is 38.8. The Labute approximate surface area is 109 Å². The smallest absolute Gasteiger partial charge is 0.242 e. The number of terminal acetylenes is 1. The number of amides is 1. The predicted molar refractivity (Wildman–Crippen MR) is 69.6 cm³/mol. The van der Waals surface area contributed by atoms with Crippen LogP contribution in [-0.4, -0.2) is 30.2 Å². The van der Waals surface area contributed by atoms with Crippen LogP contribution in [0.15, 0.2) is 0 Å². The maximum atomic E-state index is 12.4. The van der Waals surface area contributed by atoms with Gasteiger partial charge in [-0.25, -0.2) is 0 Å². The molecule has 4 atom stereocenters. The first kappa shape index (κ1) is 13.4. The molecule has 1 aliphatic heterocycles.